The summed E-state index contributed by atoms with van der Waals surface area (Å²) in [6, 6.07) is 38.1. The van der Waals surface area contributed by atoms with Crippen molar-refractivity contribution >= 4 is 17.7 Å². The van der Waals surface area contributed by atoms with Crippen LogP contribution in [0.1, 0.15) is 87.2 Å². The number of para-hydroxylation sites is 1. The lowest BCUT2D eigenvalue weighted by atomic mass is 9.76. The van der Waals surface area contributed by atoms with Crippen LogP contribution in [0.15, 0.2) is 121 Å². The van der Waals surface area contributed by atoms with Crippen molar-refractivity contribution in [1.29, 1.82) is 0 Å². The fourth-order valence-electron chi connectivity index (χ4n) is 7.63. The molecule has 7 rings (SSSR count). The summed E-state index contributed by atoms with van der Waals surface area (Å²) in [4.78, 5) is 15.3. The van der Waals surface area contributed by atoms with Crippen LogP contribution < -0.4 is 19.1 Å². The summed E-state index contributed by atoms with van der Waals surface area (Å²) in [6.07, 6.45) is 13.3. The lowest BCUT2D eigenvalue weighted by Gasteiger charge is -2.45. The summed E-state index contributed by atoms with van der Waals surface area (Å²) >= 11 is 0. The summed E-state index contributed by atoms with van der Waals surface area (Å²) in [5, 5.41) is 0. The minimum absolute atomic E-state index is 0.241. The molecular formula is C47H49NO4. The standard InChI is InChI=1S/C47H49NO4/c1-5-6-7-8-9-10-13-32-50-40-25-20-35(21-26-40)34-16-18-37(19-17-34)45(49)51-41-27-22-36(23-28-41)38-24-29-44-39(33-38)30-31-47(52-44)46(2,3)42-14-11-12-15-43(42)48(47)4/h11-12,14-31,33H,5-10,13,32H2,1-4H3/t47-/m1/s1. The molecule has 5 nitrogen and oxygen atoms in total. The molecule has 52 heavy (non-hydrogen) atoms. The molecule has 2 aliphatic heterocycles. The topological polar surface area (TPSA) is 48.0 Å². The van der Waals surface area contributed by atoms with Crippen molar-refractivity contribution in [3.8, 4) is 39.5 Å². The molecule has 0 saturated carbocycles. The number of ether oxygens (including phenoxy) is 3. The SMILES string of the molecule is CCCCCCCCCOc1ccc(-c2ccc(C(=O)Oc3ccc(-c4ccc5c(c4)C=C[C@]4(O5)N(C)c5ccccc5C4(C)C)cc3)cc2)cc1. The summed E-state index contributed by atoms with van der Waals surface area (Å²) < 4.78 is 18.5. The van der Waals surface area contributed by atoms with Crippen LogP contribution in [-0.2, 0) is 5.41 Å². The second-order valence-electron chi connectivity index (χ2n) is 14.6. The minimum Gasteiger partial charge on any atom is -0.494 e. The number of rotatable bonds is 13. The first-order valence-electron chi connectivity index (χ1n) is 18.8. The van der Waals surface area contributed by atoms with Crippen LogP contribution in [0.3, 0.4) is 0 Å². The first kappa shape index (κ1) is 35.1. The Balaban J connectivity index is 0.930. The van der Waals surface area contributed by atoms with Crippen LogP contribution in [0.25, 0.3) is 28.3 Å². The maximum Gasteiger partial charge on any atom is 0.343 e. The molecule has 2 heterocycles. The molecule has 0 saturated heterocycles. The zero-order valence-corrected chi connectivity index (χ0v) is 30.9. The highest BCUT2D eigenvalue weighted by molar-refractivity contribution is 5.91. The van der Waals surface area contributed by atoms with E-state index in [1.165, 1.54) is 49.8 Å². The minimum atomic E-state index is -0.607. The Morgan fingerprint density at radius 2 is 1.29 bits per heavy atom. The first-order valence-corrected chi connectivity index (χ1v) is 18.8. The number of anilines is 1. The van der Waals surface area contributed by atoms with E-state index in [4.69, 9.17) is 14.2 Å². The van der Waals surface area contributed by atoms with E-state index in [1.54, 1.807) is 0 Å². The van der Waals surface area contributed by atoms with Gasteiger partial charge in [-0.1, -0.05) is 106 Å². The van der Waals surface area contributed by atoms with E-state index in [-0.39, 0.29) is 11.4 Å². The first-order chi connectivity index (χ1) is 25.3. The molecule has 0 aromatic heterocycles. The average molecular weight is 692 g/mol. The second-order valence-corrected chi connectivity index (χ2v) is 14.6. The van der Waals surface area contributed by atoms with Crippen LogP contribution in [0.4, 0.5) is 5.69 Å². The van der Waals surface area contributed by atoms with Crippen molar-refractivity contribution in [1.82, 2.24) is 0 Å². The number of unbranched alkanes of at least 4 members (excludes halogenated alkanes) is 6. The quantitative estimate of drug-likeness (QED) is 0.0699. The molecule has 0 amide bonds. The third-order valence-electron chi connectivity index (χ3n) is 10.8. The Bertz CT molecular complexity index is 2030. The van der Waals surface area contributed by atoms with E-state index in [2.05, 4.69) is 99.5 Å². The van der Waals surface area contributed by atoms with Gasteiger partial charge in [-0.15, -0.1) is 0 Å². The smallest absolute Gasteiger partial charge is 0.343 e. The van der Waals surface area contributed by atoms with Crippen molar-refractivity contribution in [2.45, 2.75) is 76.9 Å². The van der Waals surface area contributed by atoms with Gasteiger partial charge in [-0.3, -0.25) is 0 Å². The lowest BCUT2D eigenvalue weighted by molar-refractivity contribution is 0.0582. The highest BCUT2D eigenvalue weighted by Gasteiger charge is 2.57. The van der Waals surface area contributed by atoms with Gasteiger partial charge in [-0.05, 0) is 115 Å². The highest BCUT2D eigenvalue weighted by Crippen LogP contribution is 2.54. The van der Waals surface area contributed by atoms with Crippen molar-refractivity contribution in [2.75, 3.05) is 18.6 Å². The van der Waals surface area contributed by atoms with Gasteiger partial charge in [0.15, 0.2) is 0 Å². The van der Waals surface area contributed by atoms with Gasteiger partial charge >= 0.3 is 5.97 Å². The van der Waals surface area contributed by atoms with Gasteiger partial charge in [0.05, 0.1) is 17.6 Å². The lowest BCUT2D eigenvalue weighted by Crippen LogP contribution is -2.58. The van der Waals surface area contributed by atoms with E-state index >= 15 is 0 Å². The van der Waals surface area contributed by atoms with Crippen molar-refractivity contribution in [3.05, 3.63) is 138 Å². The molecule has 0 bridgehead atoms. The van der Waals surface area contributed by atoms with Crippen molar-refractivity contribution in [3.63, 3.8) is 0 Å². The number of hydrogen-bond acceptors (Lipinski definition) is 5. The van der Waals surface area contributed by atoms with Crippen LogP contribution in [0.2, 0.25) is 0 Å². The Kier molecular flexibility index (Phi) is 10.2. The zero-order chi connectivity index (χ0) is 36.1. The van der Waals surface area contributed by atoms with E-state index in [1.807, 2.05) is 60.7 Å². The number of esters is 1. The van der Waals surface area contributed by atoms with Gasteiger partial charge < -0.3 is 19.1 Å². The van der Waals surface area contributed by atoms with Crippen molar-refractivity contribution in [2.24, 2.45) is 0 Å². The molecule has 2 aliphatic rings. The predicted octanol–water partition coefficient (Wildman–Crippen LogP) is 11.9. The Labute approximate surface area is 308 Å². The molecule has 266 valence electrons. The van der Waals surface area contributed by atoms with Gasteiger partial charge in [0.25, 0.3) is 0 Å². The number of benzene rings is 5. The molecule has 0 unspecified atom stereocenters. The summed E-state index contributed by atoms with van der Waals surface area (Å²) in [7, 11) is 2.11. The zero-order valence-electron chi connectivity index (χ0n) is 30.9. The van der Waals surface area contributed by atoms with Crippen LogP contribution >= 0.6 is 0 Å². The average Bonchev–Trinajstić information content (AvgIpc) is 3.33. The number of nitrogens with zero attached hydrogens (tertiary/aromatic N) is 1. The number of fused-ring (bicyclic) bond motifs is 2. The molecule has 5 aromatic carbocycles. The fourth-order valence-corrected chi connectivity index (χ4v) is 7.63. The fraction of sp³-hybridized carbons (Fsp3) is 0.298. The van der Waals surface area contributed by atoms with Crippen molar-refractivity contribution < 1.29 is 19.0 Å². The summed E-state index contributed by atoms with van der Waals surface area (Å²) in [5.41, 5.74) is 7.35. The molecular weight excluding hydrogens is 643 g/mol. The number of carbonyl (C=O) groups excluding carboxylic acids is 1. The van der Waals surface area contributed by atoms with Gasteiger partial charge in [-0.2, -0.15) is 0 Å². The maximum atomic E-state index is 13.0. The number of carbonyl (C=O) groups is 1. The van der Waals surface area contributed by atoms with E-state index in [0.29, 0.717) is 11.3 Å². The maximum absolute atomic E-state index is 13.0. The van der Waals surface area contributed by atoms with Crippen LogP contribution in [0.5, 0.6) is 17.2 Å². The Morgan fingerprint density at radius 3 is 1.98 bits per heavy atom. The molecule has 0 radical (unpaired) electrons. The number of hydrogen-bond donors (Lipinski definition) is 0. The molecule has 1 spiro atoms. The molecule has 1 atom stereocenters. The molecule has 0 N–H and O–H groups in total. The predicted molar refractivity (Wildman–Crippen MR) is 212 cm³/mol. The Hall–Kier alpha value is -5.29. The number of likely N-dealkylation sites (N-methyl/N-ethyl adjacent to an activating group) is 1. The second kappa shape index (κ2) is 15.1. The van der Waals surface area contributed by atoms with E-state index in [9.17, 15) is 4.79 Å². The third kappa shape index (κ3) is 6.97. The normalized spacial score (nSPS) is 16.7. The van der Waals surface area contributed by atoms with Gasteiger partial charge in [0, 0.05) is 18.3 Å². The van der Waals surface area contributed by atoms with Crippen LogP contribution in [-0.4, -0.2) is 25.3 Å². The summed E-state index contributed by atoms with van der Waals surface area (Å²) in [5.74, 6) is 1.86. The van der Waals surface area contributed by atoms with Gasteiger partial charge in [0.2, 0.25) is 5.72 Å². The largest absolute Gasteiger partial charge is 0.494 e. The summed E-state index contributed by atoms with van der Waals surface area (Å²) in [6.45, 7) is 7.49. The highest BCUT2D eigenvalue weighted by atomic mass is 16.5. The molecule has 0 aliphatic carbocycles. The van der Waals surface area contributed by atoms with E-state index in [0.717, 1.165) is 52.3 Å². The third-order valence-corrected chi connectivity index (χ3v) is 10.8. The van der Waals surface area contributed by atoms with Crippen LogP contribution in [0, 0.1) is 0 Å². The molecule has 5 aromatic rings. The molecule has 5 heteroatoms. The van der Waals surface area contributed by atoms with E-state index < -0.39 is 5.72 Å². The van der Waals surface area contributed by atoms with Gasteiger partial charge in [0.1, 0.15) is 17.2 Å². The van der Waals surface area contributed by atoms with Gasteiger partial charge in [-0.25, -0.2) is 4.79 Å². The monoisotopic (exact) mass is 691 g/mol. The Morgan fingerprint density at radius 1 is 0.692 bits per heavy atom. The molecule has 0 fully saturated rings.